The van der Waals surface area contributed by atoms with Gasteiger partial charge in [0.25, 0.3) is 0 Å². The minimum absolute atomic E-state index is 0.0764. The van der Waals surface area contributed by atoms with Crippen molar-refractivity contribution in [2.24, 2.45) is 5.92 Å². The van der Waals surface area contributed by atoms with Gasteiger partial charge in [0.15, 0.2) is 10.1 Å². The maximum atomic E-state index is 11.7. The van der Waals surface area contributed by atoms with E-state index in [0.717, 1.165) is 0 Å². The number of nitrogens with zero attached hydrogens (tertiary/aromatic N) is 3. The van der Waals surface area contributed by atoms with Crippen LogP contribution in [0.2, 0.25) is 0 Å². The van der Waals surface area contributed by atoms with Crippen molar-refractivity contribution in [3.05, 3.63) is 0 Å². The molecule has 2 N–H and O–H groups in total. The second kappa shape index (κ2) is 7.21. The number of hydrogen-bond donors (Lipinski definition) is 2. The van der Waals surface area contributed by atoms with E-state index in [0.29, 0.717) is 9.47 Å². The van der Waals surface area contributed by atoms with Gasteiger partial charge in [0, 0.05) is 11.8 Å². The van der Waals surface area contributed by atoms with Crippen LogP contribution < -0.4 is 5.32 Å². The highest BCUT2D eigenvalue weighted by molar-refractivity contribution is 8.01. The van der Waals surface area contributed by atoms with Crippen LogP contribution in [0.3, 0.4) is 0 Å². The molecule has 0 saturated carbocycles. The summed E-state index contributed by atoms with van der Waals surface area (Å²) in [5.41, 5.74) is 0.0764. The normalized spacial score (nSPS) is 11.9. The molecule has 0 aliphatic rings. The first-order valence-electron chi connectivity index (χ1n) is 5.64. The van der Waals surface area contributed by atoms with E-state index in [1.165, 1.54) is 30.0 Å². The molecule has 1 unspecified atom stereocenters. The summed E-state index contributed by atoms with van der Waals surface area (Å²) < 4.78 is 0.677. The van der Waals surface area contributed by atoms with Gasteiger partial charge in [0.1, 0.15) is 5.92 Å². The number of thioether (sulfide) groups is 1. The average molecular weight is 297 g/mol. The molecule has 0 amide bonds. The van der Waals surface area contributed by atoms with E-state index in [1.807, 2.05) is 19.9 Å². The molecule has 0 bridgehead atoms. The monoisotopic (exact) mass is 297 g/mol. The summed E-state index contributed by atoms with van der Waals surface area (Å²) in [7, 11) is 0. The van der Waals surface area contributed by atoms with Crippen LogP contribution in [0.4, 0.5) is 5.13 Å². The molecule has 1 rings (SSSR count). The number of ketones is 1. The van der Waals surface area contributed by atoms with Crippen LogP contribution in [-0.4, -0.2) is 33.5 Å². The third-order valence-corrected chi connectivity index (χ3v) is 4.05. The zero-order chi connectivity index (χ0) is 14.4. The van der Waals surface area contributed by atoms with Crippen molar-refractivity contribution >= 4 is 39.7 Å². The molecule has 0 aliphatic carbocycles. The molecular formula is C11H15N5OS2. The van der Waals surface area contributed by atoms with Crippen LogP contribution in [0.15, 0.2) is 4.34 Å². The maximum Gasteiger partial charge on any atom is 0.206 e. The minimum Gasteiger partial charge on any atom is -0.358 e. The fourth-order valence-corrected chi connectivity index (χ4v) is 3.00. The first-order valence-corrected chi connectivity index (χ1v) is 7.44. The Hall–Kier alpha value is -1.46. The van der Waals surface area contributed by atoms with Gasteiger partial charge in [-0.2, -0.15) is 5.26 Å². The lowest BCUT2D eigenvalue weighted by Crippen LogP contribution is -2.21. The Morgan fingerprint density at radius 3 is 2.79 bits per heavy atom. The van der Waals surface area contributed by atoms with E-state index in [4.69, 9.17) is 10.7 Å². The number of carbonyl (C=O) groups excluding carboxylic acids is 1. The van der Waals surface area contributed by atoms with E-state index < -0.39 is 5.92 Å². The second-order valence-corrected chi connectivity index (χ2v) is 6.37. The third-order valence-electron chi connectivity index (χ3n) is 2.04. The van der Waals surface area contributed by atoms with E-state index in [-0.39, 0.29) is 23.3 Å². The van der Waals surface area contributed by atoms with Crippen LogP contribution in [0, 0.1) is 22.7 Å². The molecule has 0 fully saturated rings. The summed E-state index contributed by atoms with van der Waals surface area (Å²) in [4.78, 5) is 11.7. The third kappa shape index (κ3) is 4.96. The molecule has 0 aromatic carbocycles. The standard InChI is InChI=1S/C11H15N5OS2/c1-6(2)14-10-15-16-11(19-10)18-5-9(17)8(4-12)7(3)13/h6,8,13H,5H2,1-3H3,(H,14,15). The molecule has 1 heterocycles. The number of Topliss-reactive ketones (excluding diaryl/α,β-unsaturated/α-hetero) is 1. The van der Waals surface area contributed by atoms with Crippen molar-refractivity contribution in [1.29, 1.82) is 10.7 Å². The molecule has 0 spiro atoms. The molecule has 0 radical (unpaired) electrons. The molecule has 102 valence electrons. The smallest absolute Gasteiger partial charge is 0.206 e. The van der Waals surface area contributed by atoms with E-state index in [9.17, 15) is 4.79 Å². The van der Waals surface area contributed by atoms with Crippen LogP contribution in [-0.2, 0) is 4.79 Å². The SMILES string of the molecule is CC(=N)C(C#N)C(=O)CSc1nnc(NC(C)C)s1. The van der Waals surface area contributed by atoms with Crippen molar-refractivity contribution in [2.75, 3.05) is 11.1 Å². The number of carbonyl (C=O) groups is 1. The van der Waals surface area contributed by atoms with Crippen LogP contribution >= 0.6 is 23.1 Å². The number of nitrogens with one attached hydrogen (secondary N) is 2. The van der Waals surface area contributed by atoms with Gasteiger partial charge in [-0.3, -0.25) is 4.79 Å². The lowest BCUT2D eigenvalue weighted by Gasteiger charge is -2.04. The quantitative estimate of drug-likeness (QED) is 0.591. The summed E-state index contributed by atoms with van der Waals surface area (Å²) >= 11 is 2.62. The zero-order valence-corrected chi connectivity index (χ0v) is 12.6. The summed E-state index contributed by atoms with van der Waals surface area (Å²) in [6, 6.07) is 2.11. The van der Waals surface area contributed by atoms with Crippen molar-refractivity contribution in [3.63, 3.8) is 0 Å². The van der Waals surface area contributed by atoms with Gasteiger partial charge in [-0.25, -0.2) is 0 Å². The second-order valence-electron chi connectivity index (χ2n) is 4.17. The Morgan fingerprint density at radius 1 is 1.58 bits per heavy atom. The fraction of sp³-hybridized carbons (Fsp3) is 0.545. The average Bonchev–Trinajstić information content (AvgIpc) is 2.73. The molecular weight excluding hydrogens is 282 g/mol. The Balaban J connectivity index is 2.53. The van der Waals surface area contributed by atoms with E-state index >= 15 is 0 Å². The minimum atomic E-state index is -0.950. The predicted molar refractivity (Wildman–Crippen MR) is 76.9 cm³/mol. The van der Waals surface area contributed by atoms with Crippen molar-refractivity contribution in [2.45, 2.75) is 31.2 Å². The molecule has 1 aromatic heterocycles. The van der Waals surface area contributed by atoms with Gasteiger partial charge in [-0.15, -0.1) is 10.2 Å². The van der Waals surface area contributed by atoms with Crippen LogP contribution in [0.25, 0.3) is 0 Å². The van der Waals surface area contributed by atoms with E-state index in [1.54, 1.807) is 0 Å². The Morgan fingerprint density at radius 2 is 2.26 bits per heavy atom. The molecule has 0 aliphatic heterocycles. The maximum absolute atomic E-state index is 11.7. The summed E-state index contributed by atoms with van der Waals surface area (Å²) in [5.74, 6) is -1.09. The Labute approximate surface area is 120 Å². The molecule has 0 saturated heterocycles. The van der Waals surface area contributed by atoms with Gasteiger partial charge < -0.3 is 10.7 Å². The molecule has 8 heteroatoms. The highest BCUT2D eigenvalue weighted by Crippen LogP contribution is 2.26. The summed E-state index contributed by atoms with van der Waals surface area (Å²) in [5, 5.41) is 27.9. The number of aromatic nitrogens is 2. The highest BCUT2D eigenvalue weighted by atomic mass is 32.2. The zero-order valence-electron chi connectivity index (χ0n) is 10.9. The number of hydrogen-bond acceptors (Lipinski definition) is 8. The largest absolute Gasteiger partial charge is 0.358 e. The van der Waals surface area contributed by atoms with Gasteiger partial charge in [-0.05, 0) is 20.8 Å². The van der Waals surface area contributed by atoms with Gasteiger partial charge in [0.05, 0.1) is 11.8 Å². The number of rotatable bonds is 7. The summed E-state index contributed by atoms with van der Waals surface area (Å²) in [6.07, 6.45) is 0. The first-order chi connectivity index (χ1) is 8.93. The van der Waals surface area contributed by atoms with Crippen molar-refractivity contribution in [3.8, 4) is 6.07 Å². The fourth-order valence-electron chi connectivity index (χ4n) is 1.20. The molecule has 6 nitrogen and oxygen atoms in total. The van der Waals surface area contributed by atoms with Crippen LogP contribution in [0.5, 0.6) is 0 Å². The summed E-state index contributed by atoms with van der Waals surface area (Å²) in [6.45, 7) is 5.47. The lowest BCUT2D eigenvalue weighted by molar-refractivity contribution is -0.117. The Kier molecular flexibility index (Phi) is 5.92. The van der Waals surface area contributed by atoms with E-state index in [2.05, 4.69) is 15.5 Å². The van der Waals surface area contributed by atoms with Crippen LogP contribution in [0.1, 0.15) is 20.8 Å². The highest BCUT2D eigenvalue weighted by Gasteiger charge is 2.20. The molecule has 1 aromatic rings. The van der Waals surface area contributed by atoms with Gasteiger partial charge >= 0.3 is 0 Å². The molecule has 1 atom stereocenters. The predicted octanol–water partition coefficient (Wildman–Crippen LogP) is 2.20. The first kappa shape index (κ1) is 15.6. The number of anilines is 1. The number of nitriles is 1. The Bertz CT molecular complexity index is 505. The van der Waals surface area contributed by atoms with Gasteiger partial charge in [-0.1, -0.05) is 23.1 Å². The topological polar surface area (TPSA) is 103 Å². The van der Waals surface area contributed by atoms with Crippen molar-refractivity contribution in [1.82, 2.24) is 10.2 Å². The molecule has 19 heavy (non-hydrogen) atoms. The lowest BCUT2D eigenvalue weighted by atomic mass is 10.0. The van der Waals surface area contributed by atoms with Crippen molar-refractivity contribution < 1.29 is 4.79 Å². The van der Waals surface area contributed by atoms with Gasteiger partial charge in [0.2, 0.25) is 5.13 Å².